The van der Waals surface area contributed by atoms with Crippen molar-refractivity contribution in [2.24, 2.45) is 0 Å². The van der Waals surface area contributed by atoms with E-state index in [2.05, 4.69) is 48.8 Å². The summed E-state index contributed by atoms with van der Waals surface area (Å²) in [7, 11) is 1.97. The summed E-state index contributed by atoms with van der Waals surface area (Å²) >= 11 is 3.47. The van der Waals surface area contributed by atoms with Crippen LogP contribution in [0.4, 0.5) is 0 Å². The molecular weight excluding hydrogens is 304 g/mol. The van der Waals surface area contributed by atoms with E-state index in [1.807, 2.05) is 25.6 Å². The van der Waals surface area contributed by atoms with Crippen LogP contribution >= 0.6 is 15.9 Å². The number of hydrogen-bond acceptors (Lipinski definition) is 3. The predicted molar refractivity (Wildman–Crippen MR) is 80.0 cm³/mol. The first-order chi connectivity index (χ1) is 9.24. The number of rotatable bonds is 6. The minimum absolute atomic E-state index is 0.225. The van der Waals surface area contributed by atoms with E-state index in [0.29, 0.717) is 0 Å². The molecular formula is C14H19BrN4. The van der Waals surface area contributed by atoms with Crippen LogP contribution in [0.2, 0.25) is 0 Å². The summed E-state index contributed by atoms with van der Waals surface area (Å²) in [5.41, 5.74) is 1.17. The number of nitrogens with one attached hydrogen (secondary N) is 1. The molecule has 0 amide bonds. The second kappa shape index (κ2) is 6.82. The summed E-state index contributed by atoms with van der Waals surface area (Å²) in [6.07, 6.45) is 9.60. The summed E-state index contributed by atoms with van der Waals surface area (Å²) in [6.45, 7) is 3.19. The highest BCUT2D eigenvalue weighted by Gasteiger charge is 2.14. The highest BCUT2D eigenvalue weighted by Crippen LogP contribution is 2.20. The molecule has 4 nitrogen and oxygen atoms in total. The van der Waals surface area contributed by atoms with E-state index in [1.165, 1.54) is 5.56 Å². The van der Waals surface area contributed by atoms with Gasteiger partial charge >= 0.3 is 0 Å². The number of hydrogen-bond donors (Lipinski definition) is 1. The number of nitrogens with zero attached hydrogens (tertiary/aromatic N) is 3. The van der Waals surface area contributed by atoms with Crippen LogP contribution in [0.25, 0.3) is 0 Å². The Balaban J connectivity index is 2.17. The molecule has 0 fully saturated rings. The molecule has 0 aliphatic carbocycles. The average molecular weight is 323 g/mol. The van der Waals surface area contributed by atoms with Gasteiger partial charge in [-0.25, -0.2) is 4.98 Å². The van der Waals surface area contributed by atoms with Gasteiger partial charge in [0.2, 0.25) is 0 Å². The topological polar surface area (TPSA) is 42.7 Å². The van der Waals surface area contributed by atoms with E-state index in [1.54, 1.807) is 6.20 Å². The maximum Gasteiger partial charge on any atom is 0.110 e. The monoisotopic (exact) mass is 322 g/mol. The second-order valence-electron chi connectivity index (χ2n) is 4.52. The van der Waals surface area contributed by atoms with Gasteiger partial charge in [0.1, 0.15) is 5.82 Å². The number of aryl methyl sites for hydroxylation is 1. The third-order valence-electron chi connectivity index (χ3n) is 3.13. The third kappa shape index (κ3) is 3.64. The van der Waals surface area contributed by atoms with Crippen molar-refractivity contribution in [3.63, 3.8) is 0 Å². The normalized spacial score (nSPS) is 12.6. The van der Waals surface area contributed by atoms with Crippen LogP contribution in [-0.2, 0) is 13.0 Å². The van der Waals surface area contributed by atoms with Crippen LogP contribution in [0.5, 0.6) is 0 Å². The fraction of sp³-hybridized carbons (Fsp3) is 0.429. The lowest BCUT2D eigenvalue weighted by Crippen LogP contribution is -2.21. The second-order valence-corrected chi connectivity index (χ2v) is 5.43. The molecule has 1 atom stereocenters. The Hall–Kier alpha value is -1.20. The van der Waals surface area contributed by atoms with Gasteiger partial charge in [0, 0.05) is 48.3 Å². The Kier molecular flexibility index (Phi) is 5.10. The molecule has 2 aromatic heterocycles. The summed E-state index contributed by atoms with van der Waals surface area (Å²) in [5.74, 6) is 1.11. The Bertz CT molecular complexity index is 524. The van der Waals surface area contributed by atoms with E-state index in [-0.39, 0.29) is 6.04 Å². The van der Waals surface area contributed by atoms with Gasteiger partial charge in [0.25, 0.3) is 0 Å². The quantitative estimate of drug-likeness (QED) is 0.889. The first-order valence-electron chi connectivity index (χ1n) is 6.52. The molecule has 2 rings (SSSR count). The first kappa shape index (κ1) is 14.2. The molecule has 19 heavy (non-hydrogen) atoms. The van der Waals surface area contributed by atoms with Gasteiger partial charge in [0.15, 0.2) is 0 Å². The van der Waals surface area contributed by atoms with E-state index < -0.39 is 0 Å². The largest absolute Gasteiger partial charge is 0.335 e. The standard InChI is InChI=1S/C14H19BrN4/c1-3-5-19-6-4-18-14(19)8-13(16-2)11-7-12(15)10-17-9-11/h4,6-7,9-10,13,16H,3,5,8H2,1-2H3. The van der Waals surface area contributed by atoms with Crippen molar-refractivity contribution in [2.45, 2.75) is 32.4 Å². The average Bonchev–Trinajstić information content (AvgIpc) is 2.84. The van der Waals surface area contributed by atoms with E-state index in [4.69, 9.17) is 0 Å². The van der Waals surface area contributed by atoms with Crippen molar-refractivity contribution in [2.75, 3.05) is 7.05 Å². The maximum absolute atomic E-state index is 4.46. The lowest BCUT2D eigenvalue weighted by molar-refractivity contribution is 0.541. The van der Waals surface area contributed by atoms with Crippen LogP contribution in [0.1, 0.15) is 30.8 Å². The zero-order valence-corrected chi connectivity index (χ0v) is 12.9. The number of aromatic nitrogens is 3. The van der Waals surface area contributed by atoms with Gasteiger partial charge in [-0.2, -0.15) is 0 Å². The fourth-order valence-electron chi connectivity index (χ4n) is 2.16. The molecule has 0 spiro atoms. The van der Waals surface area contributed by atoms with Crippen LogP contribution in [0.3, 0.4) is 0 Å². The molecule has 0 aromatic carbocycles. The maximum atomic E-state index is 4.46. The lowest BCUT2D eigenvalue weighted by Gasteiger charge is -2.17. The minimum atomic E-state index is 0.225. The summed E-state index contributed by atoms with van der Waals surface area (Å²) in [6, 6.07) is 2.32. The van der Waals surface area contributed by atoms with Gasteiger partial charge in [-0.15, -0.1) is 0 Å². The summed E-state index contributed by atoms with van der Waals surface area (Å²) in [4.78, 5) is 8.69. The van der Waals surface area contributed by atoms with Crippen molar-refractivity contribution in [1.29, 1.82) is 0 Å². The molecule has 102 valence electrons. The number of imidazole rings is 1. The zero-order chi connectivity index (χ0) is 13.7. The molecule has 0 bridgehead atoms. The Morgan fingerprint density at radius 1 is 1.42 bits per heavy atom. The fourth-order valence-corrected chi connectivity index (χ4v) is 2.55. The van der Waals surface area contributed by atoms with E-state index >= 15 is 0 Å². The van der Waals surface area contributed by atoms with Crippen molar-refractivity contribution in [3.05, 3.63) is 46.7 Å². The number of halogens is 1. The zero-order valence-electron chi connectivity index (χ0n) is 11.3. The van der Waals surface area contributed by atoms with Crippen LogP contribution < -0.4 is 5.32 Å². The van der Waals surface area contributed by atoms with Crippen molar-refractivity contribution >= 4 is 15.9 Å². The summed E-state index contributed by atoms with van der Waals surface area (Å²) in [5, 5.41) is 3.34. The highest BCUT2D eigenvalue weighted by molar-refractivity contribution is 9.10. The highest BCUT2D eigenvalue weighted by atomic mass is 79.9. The van der Waals surface area contributed by atoms with E-state index in [9.17, 15) is 0 Å². The van der Waals surface area contributed by atoms with Gasteiger partial charge in [-0.3, -0.25) is 4.98 Å². The van der Waals surface area contributed by atoms with E-state index in [0.717, 1.165) is 29.7 Å². The smallest absolute Gasteiger partial charge is 0.110 e. The van der Waals surface area contributed by atoms with Gasteiger partial charge in [-0.1, -0.05) is 6.92 Å². The number of pyridine rings is 1. The lowest BCUT2D eigenvalue weighted by atomic mass is 10.1. The van der Waals surface area contributed by atoms with Crippen molar-refractivity contribution < 1.29 is 0 Å². The van der Waals surface area contributed by atoms with Gasteiger partial charge in [-0.05, 0) is 41.0 Å². The van der Waals surface area contributed by atoms with Gasteiger partial charge in [0.05, 0.1) is 0 Å². The molecule has 0 saturated heterocycles. The Morgan fingerprint density at radius 3 is 2.95 bits per heavy atom. The molecule has 0 aliphatic rings. The van der Waals surface area contributed by atoms with Crippen LogP contribution in [-0.4, -0.2) is 21.6 Å². The minimum Gasteiger partial charge on any atom is -0.335 e. The SMILES string of the molecule is CCCn1ccnc1CC(NC)c1cncc(Br)c1. The molecule has 1 N–H and O–H groups in total. The van der Waals surface area contributed by atoms with Gasteiger partial charge < -0.3 is 9.88 Å². The molecule has 1 unspecified atom stereocenters. The first-order valence-corrected chi connectivity index (χ1v) is 7.31. The van der Waals surface area contributed by atoms with Crippen molar-refractivity contribution in [3.8, 4) is 0 Å². The van der Waals surface area contributed by atoms with Crippen LogP contribution in [0, 0.1) is 0 Å². The predicted octanol–water partition coefficient (Wildman–Crippen LogP) is 2.95. The molecule has 2 aromatic rings. The molecule has 5 heteroatoms. The van der Waals surface area contributed by atoms with Crippen molar-refractivity contribution in [1.82, 2.24) is 19.9 Å². The molecule has 2 heterocycles. The van der Waals surface area contributed by atoms with Crippen LogP contribution in [0.15, 0.2) is 35.3 Å². The molecule has 0 saturated carbocycles. The molecule has 0 radical (unpaired) electrons. The Morgan fingerprint density at radius 2 is 2.26 bits per heavy atom. The molecule has 0 aliphatic heterocycles. The third-order valence-corrected chi connectivity index (χ3v) is 3.56. The Labute approximate surface area is 122 Å². The number of likely N-dealkylation sites (N-methyl/N-ethyl adjacent to an activating group) is 1. The summed E-state index contributed by atoms with van der Waals surface area (Å²) < 4.78 is 3.22.